The van der Waals surface area contributed by atoms with Crippen LogP contribution >= 0.6 is 11.5 Å². The van der Waals surface area contributed by atoms with Crippen LogP contribution in [-0.2, 0) is 9.47 Å². The van der Waals surface area contributed by atoms with Crippen LogP contribution in [0.4, 0.5) is 5.13 Å². The first kappa shape index (κ1) is 13.6. The lowest BCUT2D eigenvalue weighted by molar-refractivity contribution is -0.254. The van der Waals surface area contributed by atoms with Crippen LogP contribution in [0.15, 0.2) is 6.33 Å². The number of hydrogen-bond donors (Lipinski definition) is 4. The summed E-state index contributed by atoms with van der Waals surface area (Å²) in [5.74, 6) is 0. The highest BCUT2D eigenvalue weighted by molar-refractivity contribution is 7.09. The van der Waals surface area contributed by atoms with Crippen molar-refractivity contribution < 1.29 is 24.8 Å². The van der Waals surface area contributed by atoms with Gasteiger partial charge in [-0.05, 0) is 0 Å². The molecule has 0 aromatic carbocycles. The van der Waals surface area contributed by atoms with E-state index >= 15 is 0 Å². The van der Waals surface area contributed by atoms with E-state index in [1.807, 2.05) is 0 Å². The maximum atomic E-state index is 10.0. The summed E-state index contributed by atoms with van der Waals surface area (Å²) in [6, 6.07) is -0.694. The molecule has 0 amide bonds. The van der Waals surface area contributed by atoms with Crippen molar-refractivity contribution in [2.45, 2.75) is 30.6 Å². The standard InChI is InChI=1S/C9H15N3O5S/c1-16-8-5(12-9-10-3-11-18-9)7(15)6(14)4(2-13)17-8/h3-8,13-15H,2H2,1H3,(H,10,11,12)/t4-,5-,6+,7-,8+/m1/s1. The zero-order valence-corrected chi connectivity index (χ0v) is 10.4. The van der Waals surface area contributed by atoms with Crippen molar-refractivity contribution in [3.8, 4) is 0 Å². The van der Waals surface area contributed by atoms with Gasteiger partial charge in [-0.15, -0.1) is 0 Å². The van der Waals surface area contributed by atoms with Crippen molar-refractivity contribution in [2.75, 3.05) is 19.0 Å². The topological polar surface area (TPSA) is 117 Å². The van der Waals surface area contributed by atoms with Crippen LogP contribution in [0.3, 0.4) is 0 Å². The van der Waals surface area contributed by atoms with Crippen LogP contribution in [0.1, 0.15) is 0 Å². The first-order valence-corrected chi connectivity index (χ1v) is 6.13. The quantitative estimate of drug-likeness (QED) is 0.520. The Bertz CT molecular complexity index is 363. The van der Waals surface area contributed by atoms with Crippen molar-refractivity contribution in [1.82, 2.24) is 9.36 Å². The summed E-state index contributed by atoms with van der Waals surface area (Å²) in [7, 11) is 1.41. The lowest BCUT2D eigenvalue weighted by atomic mass is 9.97. The Morgan fingerprint density at radius 3 is 2.83 bits per heavy atom. The minimum absolute atomic E-state index is 0.399. The molecule has 1 aromatic rings. The summed E-state index contributed by atoms with van der Waals surface area (Å²) in [6.45, 7) is -0.399. The van der Waals surface area contributed by atoms with Crippen LogP contribution in [0.25, 0.3) is 0 Å². The number of ether oxygens (including phenoxy) is 2. The molecule has 4 N–H and O–H groups in total. The van der Waals surface area contributed by atoms with Gasteiger partial charge in [-0.3, -0.25) is 0 Å². The highest BCUT2D eigenvalue weighted by Gasteiger charge is 2.44. The Morgan fingerprint density at radius 1 is 1.50 bits per heavy atom. The maximum Gasteiger partial charge on any atom is 0.202 e. The lowest BCUT2D eigenvalue weighted by Gasteiger charge is -2.41. The Kier molecular flexibility index (Phi) is 4.43. The van der Waals surface area contributed by atoms with Crippen molar-refractivity contribution in [3.05, 3.63) is 6.33 Å². The fourth-order valence-electron chi connectivity index (χ4n) is 1.82. The van der Waals surface area contributed by atoms with Gasteiger partial charge >= 0.3 is 0 Å². The summed E-state index contributed by atoms with van der Waals surface area (Å²) in [5.41, 5.74) is 0. The van der Waals surface area contributed by atoms with Gasteiger partial charge in [-0.25, -0.2) is 4.98 Å². The summed E-state index contributed by atoms with van der Waals surface area (Å²) in [6.07, 6.45) is -2.66. The predicted molar refractivity (Wildman–Crippen MR) is 62.1 cm³/mol. The molecule has 1 saturated heterocycles. The molecule has 0 bridgehead atoms. The van der Waals surface area contributed by atoms with Crippen molar-refractivity contribution in [3.63, 3.8) is 0 Å². The molecule has 2 heterocycles. The highest BCUT2D eigenvalue weighted by Crippen LogP contribution is 2.24. The van der Waals surface area contributed by atoms with Gasteiger partial charge in [0.2, 0.25) is 5.13 Å². The van der Waals surface area contributed by atoms with E-state index in [0.29, 0.717) is 5.13 Å². The average Bonchev–Trinajstić information content (AvgIpc) is 2.88. The number of methoxy groups -OCH3 is 1. The molecule has 102 valence electrons. The van der Waals surface area contributed by atoms with Crippen LogP contribution in [-0.4, -0.2) is 69.0 Å². The van der Waals surface area contributed by atoms with Gasteiger partial charge in [0.1, 0.15) is 30.7 Å². The van der Waals surface area contributed by atoms with Crippen molar-refractivity contribution >= 4 is 16.7 Å². The summed E-state index contributed by atoms with van der Waals surface area (Å²) in [5, 5.41) is 32.2. The maximum absolute atomic E-state index is 10.0. The molecule has 5 atom stereocenters. The van der Waals surface area contributed by atoms with E-state index in [1.165, 1.54) is 13.4 Å². The number of anilines is 1. The minimum Gasteiger partial charge on any atom is -0.394 e. The number of hydrogen-bond acceptors (Lipinski definition) is 9. The zero-order chi connectivity index (χ0) is 13.1. The molecule has 8 nitrogen and oxygen atoms in total. The third-order valence-electron chi connectivity index (χ3n) is 2.76. The molecule has 1 aromatic heterocycles. The molecule has 0 saturated carbocycles. The molecule has 0 radical (unpaired) electrons. The first-order valence-electron chi connectivity index (χ1n) is 5.35. The lowest BCUT2D eigenvalue weighted by Crippen LogP contribution is -2.61. The smallest absolute Gasteiger partial charge is 0.202 e. The molecule has 0 spiro atoms. The molecule has 0 unspecified atom stereocenters. The molecule has 1 aliphatic rings. The van der Waals surface area contributed by atoms with E-state index in [-0.39, 0.29) is 0 Å². The molecule has 1 fully saturated rings. The molecule has 18 heavy (non-hydrogen) atoms. The van der Waals surface area contributed by atoms with Crippen LogP contribution in [0, 0.1) is 0 Å². The monoisotopic (exact) mass is 277 g/mol. The van der Waals surface area contributed by atoms with Gasteiger partial charge in [0, 0.05) is 18.6 Å². The predicted octanol–water partition coefficient (Wildman–Crippen LogP) is -1.60. The van der Waals surface area contributed by atoms with E-state index < -0.39 is 37.3 Å². The summed E-state index contributed by atoms with van der Waals surface area (Å²) in [4.78, 5) is 3.92. The number of aliphatic hydroxyl groups is 3. The van der Waals surface area contributed by atoms with Gasteiger partial charge in [0.15, 0.2) is 6.29 Å². The van der Waals surface area contributed by atoms with Gasteiger partial charge in [-0.2, -0.15) is 4.37 Å². The minimum atomic E-state index is -1.20. The normalized spacial score (nSPS) is 36.6. The number of aliphatic hydroxyl groups excluding tert-OH is 3. The summed E-state index contributed by atoms with van der Waals surface area (Å²) < 4.78 is 14.2. The Morgan fingerprint density at radius 2 is 2.28 bits per heavy atom. The van der Waals surface area contributed by atoms with Gasteiger partial charge in [-0.1, -0.05) is 0 Å². The Labute approximate surface area is 107 Å². The van der Waals surface area contributed by atoms with E-state index in [1.54, 1.807) is 0 Å². The van der Waals surface area contributed by atoms with Gasteiger partial charge < -0.3 is 30.1 Å². The highest BCUT2D eigenvalue weighted by atomic mass is 32.1. The first-order chi connectivity index (χ1) is 8.67. The van der Waals surface area contributed by atoms with Crippen LogP contribution in [0.5, 0.6) is 0 Å². The van der Waals surface area contributed by atoms with E-state index in [2.05, 4.69) is 14.7 Å². The third-order valence-corrected chi connectivity index (χ3v) is 3.36. The SMILES string of the molecule is CO[C@H]1O[C@H](CO)[C@H](O)[C@H](O)[C@H]1Nc1ncns1. The molecule has 2 rings (SSSR count). The molecular formula is C9H15N3O5S. The van der Waals surface area contributed by atoms with Crippen molar-refractivity contribution in [2.24, 2.45) is 0 Å². The van der Waals surface area contributed by atoms with E-state index in [0.717, 1.165) is 11.5 Å². The molecule has 9 heteroatoms. The van der Waals surface area contributed by atoms with E-state index in [9.17, 15) is 10.2 Å². The third kappa shape index (κ3) is 2.60. The Balaban J connectivity index is 2.11. The fourth-order valence-corrected chi connectivity index (χ4v) is 2.29. The largest absolute Gasteiger partial charge is 0.394 e. The van der Waals surface area contributed by atoms with Crippen molar-refractivity contribution in [1.29, 1.82) is 0 Å². The van der Waals surface area contributed by atoms with E-state index in [4.69, 9.17) is 14.6 Å². The molecule has 1 aliphatic heterocycles. The van der Waals surface area contributed by atoms with Gasteiger partial charge in [0.05, 0.1) is 6.61 Å². The molecule has 0 aliphatic carbocycles. The number of aromatic nitrogens is 2. The Hall–Kier alpha value is -0.840. The number of nitrogens with zero attached hydrogens (tertiary/aromatic N) is 2. The number of nitrogens with one attached hydrogen (secondary N) is 1. The molecular weight excluding hydrogens is 262 g/mol. The average molecular weight is 277 g/mol. The second-order valence-electron chi connectivity index (χ2n) is 3.86. The number of rotatable bonds is 4. The van der Waals surface area contributed by atoms with Crippen LogP contribution < -0.4 is 5.32 Å². The second-order valence-corrected chi connectivity index (χ2v) is 4.64. The zero-order valence-electron chi connectivity index (χ0n) is 9.63. The van der Waals surface area contributed by atoms with Gasteiger partial charge in [0.25, 0.3) is 0 Å². The second kappa shape index (κ2) is 5.87. The summed E-state index contributed by atoms with van der Waals surface area (Å²) >= 11 is 1.11. The van der Waals surface area contributed by atoms with Crippen LogP contribution in [0.2, 0.25) is 0 Å². The fraction of sp³-hybridized carbons (Fsp3) is 0.778.